The van der Waals surface area contributed by atoms with Crippen LogP contribution in [0.15, 0.2) is 12.1 Å². The van der Waals surface area contributed by atoms with Crippen LogP contribution >= 0.6 is 22.6 Å². The highest BCUT2D eigenvalue weighted by Gasteiger charge is 2.21. The van der Waals surface area contributed by atoms with Crippen LogP contribution in [0.4, 0.5) is 14.6 Å². The highest BCUT2D eigenvalue weighted by molar-refractivity contribution is 14.1. The monoisotopic (exact) mass is 407 g/mol. The number of aromatic carboxylic acids is 1. The normalized spacial score (nSPS) is 10.5. The van der Waals surface area contributed by atoms with Crippen molar-refractivity contribution in [2.45, 2.75) is 0 Å². The summed E-state index contributed by atoms with van der Waals surface area (Å²) in [5.41, 5.74) is 4.75. The largest absolute Gasteiger partial charge is 0.491 e. The minimum absolute atomic E-state index is 0.0776. The minimum Gasteiger partial charge on any atom is -0.491 e. The minimum atomic E-state index is -1.42. The number of carboxylic acid groups (broad SMARTS) is 1. The average molecular weight is 407 g/mol. The summed E-state index contributed by atoms with van der Waals surface area (Å²) in [6.45, 7) is 0. The molecule has 9 heteroatoms. The zero-order valence-electron chi connectivity index (χ0n) is 10.5. The number of carbonyl (C=O) groups is 1. The number of aromatic nitrogens is 2. The molecule has 0 aliphatic heterocycles. The number of anilines is 1. The molecule has 0 amide bonds. The maximum Gasteiger partial charge on any atom is 0.358 e. The van der Waals surface area contributed by atoms with Crippen LogP contribution in [0.5, 0.6) is 5.75 Å². The lowest BCUT2D eigenvalue weighted by Crippen LogP contribution is -2.10. The first-order valence-corrected chi connectivity index (χ1v) is 6.52. The Hall–Kier alpha value is -2.04. The van der Waals surface area contributed by atoms with Gasteiger partial charge in [0.25, 0.3) is 0 Å². The Kier molecular flexibility index (Phi) is 4.21. The molecular formula is C12H8F2IN3O3. The summed E-state index contributed by atoms with van der Waals surface area (Å²) in [5, 5.41) is 9.07. The van der Waals surface area contributed by atoms with Gasteiger partial charge in [-0.05, 0) is 34.7 Å². The van der Waals surface area contributed by atoms with Crippen molar-refractivity contribution in [2.75, 3.05) is 12.8 Å². The van der Waals surface area contributed by atoms with Crippen molar-refractivity contribution >= 4 is 34.4 Å². The number of ether oxygens (including phenoxy) is 1. The highest BCUT2D eigenvalue weighted by Crippen LogP contribution is 2.29. The Morgan fingerprint density at radius 1 is 1.33 bits per heavy atom. The van der Waals surface area contributed by atoms with E-state index in [0.29, 0.717) is 0 Å². The van der Waals surface area contributed by atoms with Gasteiger partial charge in [-0.3, -0.25) is 0 Å². The third kappa shape index (κ3) is 2.86. The molecule has 110 valence electrons. The van der Waals surface area contributed by atoms with E-state index in [-0.39, 0.29) is 26.5 Å². The molecule has 0 saturated carbocycles. The van der Waals surface area contributed by atoms with Gasteiger partial charge in [0.1, 0.15) is 11.6 Å². The van der Waals surface area contributed by atoms with Gasteiger partial charge in [0.15, 0.2) is 23.1 Å². The molecule has 1 aromatic heterocycles. The molecule has 0 fully saturated rings. The van der Waals surface area contributed by atoms with E-state index in [1.54, 1.807) is 22.6 Å². The van der Waals surface area contributed by atoms with Gasteiger partial charge in [-0.15, -0.1) is 0 Å². The SMILES string of the molecule is COc1c(N)nc(-c2cc(F)c(I)cc2F)nc1C(=O)O. The van der Waals surface area contributed by atoms with Crippen LogP contribution < -0.4 is 10.5 Å². The molecule has 0 aliphatic carbocycles. The zero-order valence-corrected chi connectivity index (χ0v) is 12.7. The predicted molar refractivity (Wildman–Crippen MR) is 78.0 cm³/mol. The lowest BCUT2D eigenvalue weighted by atomic mass is 10.2. The Bertz CT molecular complexity index is 740. The van der Waals surface area contributed by atoms with Gasteiger partial charge in [-0.2, -0.15) is 0 Å². The number of hydrogen-bond donors (Lipinski definition) is 2. The van der Waals surface area contributed by atoms with Crippen molar-refractivity contribution in [1.29, 1.82) is 0 Å². The first kappa shape index (κ1) is 15.4. The lowest BCUT2D eigenvalue weighted by Gasteiger charge is -2.10. The Balaban J connectivity index is 2.71. The van der Waals surface area contributed by atoms with E-state index in [9.17, 15) is 13.6 Å². The summed E-state index contributed by atoms with van der Waals surface area (Å²) in [6.07, 6.45) is 0. The van der Waals surface area contributed by atoms with Gasteiger partial charge in [0, 0.05) is 0 Å². The standard InChI is InChI=1S/C12H8F2IN3O3/c1-21-9-8(12(19)20)17-11(18-10(9)16)4-2-6(14)7(15)3-5(4)13/h2-3H,1H3,(H,19,20)(H2,16,17,18). The van der Waals surface area contributed by atoms with Crippen molar-refractivity contribution in [3.8, 4) is 17.1 Å². The lowest BCUT2D eigenvalue weighted by molar-refractivity contribution is 0.0686. The molecule has 0 saturated heterocycles. The summed E-state index contributed by atoms with van der Waals surface area (Å²) in [6, 6.07) is 1.83. The molecule has 0 aliphatic rings. The molecule has 6 nitrogen and oxygen atoms in total. The van der Waals surface area contributed by atoms with Crippen molar-refractivity contribution in [3.63, 3.8) is 0 Å². The zero-order chi connectivity index (χ0) is 15.7. The van der Waals surface area contributed by atoms with Crippen LogP contribution in [-0.2, 0) is 0 Å². The second-order valence-electron chi connectivity index (χ2n) is 3.87. The first-order chi connectivity index (χ1) is 9.85. The van der Waals surface area contributed by atoms with Crippen molar-refractivity contribution in [3.05, 3.63) is 33.0 Å². The molecule has 0 spiro atoms. The van der Waals surface area contributed by atoms with Crippen LogP contribution in [-0.4, -0.2) is 28.2 Å². The summed E-state index contributed by atoms with van der Waals surface area (Å²) in [5.74, 6) is -3.74. The first-order valence-electron chi connectivity index (χ1n) is 5.44. The number of halogens is 3. The molecule has 1 heterocycles. The molecule has 0 atom stereocenters. The molecule has 0 unspecified atom stereocenters. The van der Waals surface area contributed by atoms with Crippen LogP contribution in [0.3, 0.4) is 0 Å². The summed E-state index contributed by atoms with van der Waals surface area (Å²) >= 11 is 1.63. The fourth-order valence-electron chi connectivity index (χ4n) is 1.63. The predicted octanol–water partition coefficient (Wildman–Crippen LogP) is 2.32. The number of nitrogens with zero attached hydrogens (tertiary/aromatic N) is 2. The molecule has 1 aromatic carbocycles. The third-order valence-electron chi connectivity index (χ3n) is 2.55. The average Bonchev–Trinajstić information content (AvgIpc) is 2.41. The van der Waals surface area contributed by atoms with Crippen LogP contribution in [0, 0.1) is 15.2 Å². The fraction of sp³-hybridized carbons (Fsp3) is 0.0833. The fourth-order valence-corrected chi connectivity index (χ4v) is 2.06. The van der Waals surface area contributed by atoms with Gasteiger partial charge >= 0.3 is 5.97 Å². The maximum absolute atomic E-state index is 13.9. The molecule has 2 rings (SSSR count). The molecule has 0 radical (unpaired) electrons. The number of rotatable bonds is 3. The Morgan fingerprint density at radius 3 is 2.57 bits per heavy atom. The van der Waals surface area contributed by atoms with Crippen molar-refractivity contribution in [1.82, 2.24) is 9.97 Å². The van der Waals surface area contributed by atoms with Gasteiger partial charge < -0.3 is 15.6 Å². The van der Waals surface area contributed by atoms with E-state index in [2.05, 4.69) is 9.97 Å². The Labute approximate surface area is 131 Å². The summed E-state index contributed by atoms with van der Waals surface area (Å²) < 4.78 is 32.3. The van der Waals surface area contributed by atoms with Gasteiger partial charge in [0.2, 0.25) is 0 Å². The second kappa shape index (κ2) is 5.76. The second-order valence-corrected chi connectivity index (χ2v) is 5.03. The van der Waals surface area contributed by atoms with Gasteiger partial charge in [0.05, 0.1) is 16.2 Å². The van der Waals surface area contributed by atoms with E-state index in [0.717, 1.165) is 12.1 Å². The van der Waals surface area contributed by atoms with Crippen LogP contribution in [0.1, 0.15) is 10.5 Å². The van der Waals surface area contributed by atoms with E-state index < -0.39 is 23.3 Å². The Morgan fingerprint density at radius 2 is 2.00 bits per heavy atom. The number of carboxylic acids is 1. The van der Waals surface area contributed by atoms with E-state index in [4.69, 9.17) is 15.6 Å². The van der Waals surface area contributed by atoms with Gasteiger partial charge in [-0.1, -0.05) is 0 Å². The van der Waals surface area contributed by atoms with Crippen LogP contribution in [0.2, 0.25) is 0 Å². The molecule has 21 heavy (non-hydrogen) atoms. The number of nitrogens with two attached hydrogens (primary N) is 1. The number of benzene rings is 1. The molecule has 3 N–H and O–H groups in total. The number of nitrogen functional groups attached to an aromatic ring is 1. The van der Waals surface area contributed by atoms with E-state index >= 15 is 0 Å². The summed E-state index contributed by atoms with van der Waals surface area (Å²) in [7, 11) is 1.20. The van der Waals surface area contributed by atoms with Crippen molar-refractivity contribution in [2.24, 2.45) is 0 Å². The van der Waals surface area contributed by atoms with E-state index in [1.807, 2.05) is 0 Å². The maximum atomic E-state index is 13.9. The highest BCUT2D eigenvalue weighted by atomic mass is 127. The molecular weight excluding hydrogens is 399 g/mol. The number of methoxy groups -OCH3 is 1. The smallest absolute Gasteiger partial charge is 0.358 e. The van der Waals surface area contributed by atoms with Crippen molar-refractivity contribution < 1.29 is 23.4 Å². The molecule has 0 bridgehead atoms. The van der Waals surface area contributed by atoms with Crippen LogP contribution in [0.25, 0.3) is 11.4 Å². The third-order valence-corrected chi connectivity index (χ3v) is 3.38. The molecule has 2 aromatic rings. The summed E-state index contributed by atoms with van der Waals surface area (Å²) in [4.78, 5) is 18.6. The quantitative estimate of drug-likeness (QED) is 0.599. The number of hydrogen-bond acceptors (Lipinski definition) is 5. The topological polar surface area (TPSA) is 98.3 Å². The van der Waals surface area contributed by atoms with E-state index in [1.165, 1.54) is 7.11 Å². The van der Waals surface area contributed by atoms with Gasteiger partial charge in [-0.25, -0.2) is 23.5 Å².